The number of halogens is 6. The van der Waals surface area contributed by atoms with Crippen molar-refractivity contribution in [3.8, 4) is 0 Å². The van der Waals surface area contributed by atoms with Gasteiger partial charge in [0.05, 0.1) is 36.6 Å². The molecule has 3 saturated heterocycles. The van der Waals surface area contributed by atoms with Gasteiger partial charge in [-0.15, -0.1) is 5.10 Å². The number of fused-ring (bicyclic) bond motifs is 2. The lowest BCUT2D eigenvalue weighted by Crippen LogP contribution is -2.60. The van der Waals surface area contributed by atoms with Gasteiger partial charge in [0.1, 0.15) is 5.82 Å². The number of nitrogens with one attached hydrogen (secondary N) is 3. The molecule has 4 aliphatic heterocycles. The van der Waals surface area contributed by atoms with E-state index >= 15 is 13.2 Å². The largest absolute Gasteiger partial charge is 0.490 e. The van der Waals surface area contributed by atoms with E-state index in [0.717, 1.165) is 75.8 Å². The second-order valence-electron chi connectivity index (χ2n) is 15.8. The molecule has 3 atom stereocenters. The van der Waals surface area contributed by atoms with Crippen LogP contribution in [0.4, 0.5) is 43.5 Å². The highest BCUT2D eigenvalue weighted by Gasteiger charge is 2.49. The van der Waals surface area contributed by atoms with Crippen molar-refractivity contribution in [2.45, 2.75) is 88.2 Å². The van der Waals surface area contributed by atoms with Crippen LogP contribution in [0.1, 0.15) is 66.6 Å². The van der Waals surface area contributed by atoms with Crippen molar-refractivity contribution < 1.29 is 45.8 Å². The number of alkyl halides is 5. The molecule has 1 spiro atoms. The second-order valence-corrected chi connectivity index (χ2v) is 15.8. The van der Waals surface area contributed by atoms with Gasteiger partial charge in [-0.25, -0.2) is 27.5 Å². The van der Waals surface area contributed by atoms with Crippen LogP contribution >= 0.6 is 0 Å². The number of rotatable bonds is 8. The maximum Gasteiger partial charge on any atom is 0.490 e. The number of hydrogen-bond acceptors (Lipinski definition) is 10. The molecule has 13 nitrogen and oxygen atoms in total. The van der Waals surface area contributed by atoms with E-state index in [0.29, 0.717) is 59.9 Å². The van der Waals surface area contributed by atoms with E-state index in [2.05, 4.69) is 20.9 Å². The normalized spacial score (nSPS) is 24.7. The summed E-state index contributed by atoms with van der Waals surface area (Å²) in [4.78, 5) is 32.4. The summed E-state index contributed by atoms with van der Waals surface area (Å²) < 4.78 is 85.7. The van der Waals surface area contributed by atoms with Crippen LogP contribution < -0.4 is 20.9 Å². The summed E-state index contributed by atoms with van der Waals surface area (Å²) in [5.41, 5.74) is 4.11. The van der Waals surface area contributed by atoms with Gasteiger partial charge in [-0.05, 0) is 106 Å². The highest BCUT2D eigenvalue weighted by Crippen LogP contribution is 2.43. The predicted molar refractivity (Wildman–Crippen MR) is 199 cm³/mol. The zero-order chi connectivity index (χ0) is 40.7. The van der Waals surface area contributed by atoms with E-state index in [1.54, 1.807) is 19.1 Å². The van der Waals surface area contributed by atoms with Crippen LogP contribution in [0, 0.1) is 11.2 Å². The SMILES string of the molecule is CNc1cc(N2CCc3c(CN4CCC(N5CCC6(CCNCC6)CC5)C(F)(F)C4)cc(F)cc32)nn2c(C(=O)N[C@@H]3CC[C@H]3OC)cnc12.O=C(O)C(F)(F)F. The minimum Gasteiger partial charge on any atom is -0.475 e. The Morgan fingerprint density at radius 2 is 1.75 bits per heavy atom. The van der Waals surface area contributed by atoms with E-state index in [-0.39, 0.29) is 31.1 Å². The van der Waals surface area contributed by atoms with E-state index < -0.39 is 29.9 Å². The molecule has 4 fully saturated rings. The Balaban J connectivity index is 0.000000651. The first kappa shape index (κ1) is 41.0. The number of carbonyl (C=O) groups is 2. The average molecular weight is 810 g/mol. The monoisotopic (exact) mass is 809 g/mol. The van der Waals surface area contributed by atoms with Gasteiger partial charge in [0.15, 0.2) is 17.2 Å². The number of anilines is 3. The quantitative estimate of drug-likeness (QED) is 0.233. The Labute approximate surface area is 326 Å². The number of ether oxygens (including phenoxy) is 1. The zero-order valence-electron chi connectivity index (χ0n) is 32.0. The van der Waals surface area contributed by atoms with Crippen molar-refractivity contribution in [1.82, 2.24) is 35.0 Å². The van der Waals surface area contributed by atoms with E-state index in [1.807, 2.05) is 15.9 Å². The van der Waals surface area contributed by atoms with Crippen LogP contribution in [0.5, 0.6) is 0 Å². The Bertz CT molecular complexity index is 1940. The first-order valence-electron chi connectivity index (χ1n) is 19.5. The van der Waals surface area contributed by atoms with Crippen molar-refractivity contribution in [3.05, 3.63) is 47.0 Å². The van der Waals surface area contributed by atoms with Gasteiger partial charge in [0.2, 0.25) is 0 Å². The van der Waals surface area contributed by atoms with E-state index in [1.165, 1.54) is 22.8 Å². The number of carboxylic acid groups (broad SMARTS) is 1. The van der Waals surface area contributed by atoms with Crippen LogP contribution in [0.25, 0.3) is 5.65 Å². The average Bonchev–Trinajstić information content (AvgIpc) is 3.78. The summed E-state index contributed by atoms with van der Waals surface area (Å²) in [6, 6.07) is 4.01. The predicted octanol–water partition coefficient (Wildman–Crippen LogP) is 4.82. The number of carbonyl (C=O) groups excluding carboxylic acids is 1. The smallest absolute Gasteiger partial charge is 0.475 e. The Morgan fingerprint density at radius 1 is 1.04 bits per heavy atom. The molecule has 5 aliphatic rings. The highest BCUT2D eigenvalue weighted by atomic mass is 19.4. The summed E-state index contributed by atoms with van der Waals surface area (Å²) in [5.74, 6) is -5.79. The van der Waals surface area contributed by atoms with E-state index in [9.17, 15) is 18.0 Å². The molecule has 0 bridgehead atoms. The third kappa shape index (κ3) is 8.52. The molecule has 1 saturated carbocycles. The summed E-state index contributed by atoms with van der Waals surface area (Å²) in [6.45, 7) is 4.54. The van der Waals surface area contributed by atoms with Crippen LogP contribution in [0.3, 0.4) is 0 Å². The molecule has 3 aromatic rings. The topological polar surface area (TPSA) is 140 Å². The summed E-state index contributed by atoms with van der Waals surface area (Å²) in [7, 11) is 3.42. The van der Waals surface area contributed by atoms with Gasteiger partial charge >= 0.3 is 12.1 Å². The molecule has 1 aromatic carbocycles. The molecule has 6 heterocycles. The third-order valence-electron chi connectivity index (χ3n) is 12.5. The minimum atomic E-state index is -5.08. The lowest BCUT2D eigenvalue weighted by atomic mass is 9.71. The maximum absolute atomic E-state index is 15.8. The number of likely N-dealkylation sites (tertiary alicyclic amines) is 2. The van der Waals surface area contributed by atoms with E-state index in [4.69, 9.17) is 19.7 Å². The molecule has 1 amide bonds. The molecular weight excluding hydrogens is 760 g/mol. The lowest BCUT2D eigenvalue weighted by Gasteiger charge is -2.50. The van der Waals surface area contributed by atoms with Gasteiger partial charge in [-0.2, -0.15) is 13.2 Å². The number of aromatic nitrogens is 3. The first-order chi connectivity index (χ1) is 27.1. The number of aliphatic carboxylic acids is 1. The number of nitrogens with zero attached hydrogens (tertiary/aromatic N) is 6. The number of piperidine rings is 3. The van der Waals surface area contributed by atoms with Gasteiger partial charge in [-0.1, -0.05) is 0 Å². The van der Waals surface area contributed by atoms with Crippen molar-refractivity contribution in [1.29, 1.82) is 0 Å². The molecule has 19 heteroatoms. The number of imidazole rings is 1. The number of methoxy groups -OCH3 is 1. The molecule has 0 radical (unpaired) electrons. The lowest BCUT2D eigenvalue weighted by molar-refractivity contribution is -0.192. The molecule has 312 valence electrons. The van der Waals surface area contributed by atoms with Gasteiger partial charge in [0.25, 0.3) is 11.8 Å². The fourth-order valence-corrected chi connectivity index (χ4v) is 9.11. The van der Waals surface area contributed by atoms with Crippen molar-refractivity contribution in [3.63, 3.8) is 0 Å². The molecule has 2 aromatic heterocycles. The van der Waals surface area contributed by atoms with Gasteiger partial charge in [-0.3, -0.25) is 14.6 Å². The summed E-state index contributed by atoms with van der Waals surface area (Å²) >= 11 is 0. The number of benzene rings is 1. The van der Waals surface area contributed by atoms with Crippen molar-refractivity contribution in [2.24, 2.45) is 5.41 Å². The first-order valence-corrected chi connectivity index (χ1v) is 19.5. The van der Waals surface area contributed by atoms with Crippen LogP contribution in [-0.4, -0.2) is 132 Å². The summed E-state index contributed by atoms with van der Waals surface area (Å²) in [6.07, 6.45) is 3.45. The fraction of sp³-hybridized carbons (Fsp3) is 0.632. The maximum atomic E-state index is 15.8. The Morgan fingerprint density at radius 3 is 2.37 bits per heavy atom. The third-order valence-corrected chi connectivity index (χ3v) is 12.5. The number of hydrogen-bond donors (Lipinski definition) is 4. The van der Waals surface area contributed by atoms with Crippen LogP contribution in [-0.2, 0) is 22.5 Å². The van der Waals surface area contributed by atoms with Gasteiger partial charge < -0.3 is 30.7 Å². The molecule has 1 aliphatic carbocycles. The molecule has 1 unspecified atom stereocenters. The number of amides is 1. The molecule has 8 rings (SSSR count). The second kappa shape index (κ2) is 16.2. The minimum absolute atomic E-state index is 0.0148. The molecule has 57 heavy (non-hydrogen) atoms. The standard InChI is InChI=1S/C36H48F3N9O2.C2HF3O2/c1-40-27-19-32(44-48-29(20-42-33(27)48)34(49)43-26-3-4-30(26)50-2)47-14-5-25-23(17-24(37)18-28(25)47)21-45-13-6-31(36(38,39)22-45)46-15-9-35(10-16-46)7-11-41-12-8-35;3-2(4,5)1(6)7/h17-20,26,30-31,40-41H,3-16,21-22H2,1-2H3,(H,43,49);(H,6,7)/t26-,30-,31?;/m1./s1. The number of carboxylic acids is 1. The fourth-order valence-electron chi connectivity index (χ4n) is 9.11. The highest BCUT2D eigenvalue weighted by molar-refractivity contribution is 5.94. The molecular formula is C38H49F6N9O4. The van der Waals surface area contributed by atoms with Gasteiger partial charge in [0, 0.05) is 45.5 Å². The Hall–Kier alpha value is -4.20. The Kier molecular flexibility index (Phi) is 11.7. The van der Waals surface area contributed by atoms with Crippen molar-refractivity contribution >= 4 is 34.7 Å². The zero-order valence-corrected chi connectivity index (χ0v) is 32.0. The molecule has 4 N–H and O–H groups in total. The van der Waals surface area contributed by atoms with Crippen LogP contribution in [0.2, 0.25) is 0 Å². The summed E-state index contributed by atoms with van der Waals surface area (Å²) in [5, 5.41) is 21.6. The van der Waals surface area contributed by atoms with Crippen LogP contribution in [0.15, 0.2) is 24.4 Å². The van der Waals surface area contributed by atoms with Crippen molar-refractivity contribution in [2.75, 3.05) is 70.2 Å².